The Kier molecular flexibility index (Phi) is 3.31. The van der Waals surface area contributed by atoms with Gasteiger partial charge < -0.3 is 10.2 Å². The first-order chi connectivity index (χ1) is 6.16. The van der Waals surface area contributed by atoms with Gasteiger partial charge in [-0.05, 0) is 27.1 Å². The number of hydrogen-bond donors (Lipinski definition) is 2. The van der Waals surface area contributed by atoms with Crippen molar-refractivity contribution in [1.82, 2.24) is 10.2 Å². The number of likely N-dealkylation sites (N-methyl/N-ethyl adjacent to an activating group) is 1. The highest BCUT2D eigenvalue weighted by Gasteiger charge is 2.33. The van der Waals surface area contributed by atoms with Crippen LogP contribution in [0.1, 0.15) is 6.42 Å². The zero-order valence-corrected chi connectivity index (χ0v) is 7.87. The molecule has 5 nitrogen and oxygen atoms in total. The van der Waals surface area contributed by atoms with Gasteiger partial charge in [-0.2, -0.15) is 0 Å². The Morgan fingerprint density at radius 3 is 2.92 bits per heavy atom. The zero-order valence-electron chi connectivity index (χ0n) is 7.87. The minimum absolute atomic E-state index is 0.185. The van der Waals surface area contributed by atoms with Crippen LogP contribution in [0.15, 0.2) is 4.99 Å². The van der Waals surface area contributed by atoms with E-state index in [4.69, 9.17) is 5.41 Å². The van der Waals surface area contributed by atoms with E-state index < -0.39 is 0 Å². The summed E-state index contributed by atoms with van der Waals surface area (Å²) < 4.78 is 0. The van der Waals surface area contributed by atoms with Gasteiger partial charge in [0.2, 0.25) is 0 Å². The van der Waals surface area contributed by atoms with E-state index in [0.717, 1.165) is 13.0 Å². The lowest BCUT2D eigenvalue weighted by molar-refractivity contribution is -0.120. The number of rotatable bonds is 2. The Morgan fingerprint density at radius 1 is 1.69 bits per heavy atom. The fourth-order valence-corrected chi connectivity index (χ4v) is 1.62. The molecule has 2 N–H and O–H groups in total. The lowest BCUT2D eigenvalue weighted by Gasteiger charge is -2.22. The van der Waals surface area contributed by atoms with Crippen LogP contribution >= 0.6 is 0 Å². The van der Waals surface area contributed by atoms with Crippen molar-refractivity contribution < 1.29 is 4.79 Å². The Bertz CT molecular complexity index is 245. The molecule has 0 spiro atoms. The normalized spacial score (nSPS) is 27.3. The van der Waals surface area contributed by atoms with E-state index in [1.165, 1.54) is 0 Å². The predicted octanol–water partition coefficient (Wildman–Crippen LogP) is -0.442. The van der Waals surface area contributed by atoms with Crippen molar-refractivity contribution in [2.24, 2.45) is 4.99 Å². The smallest absolute Gasteiger partial charge is 0.273 e. The van der Waals surface area contributed by atoms with Crippen LogP contribution in [0.2, 0.25) is 0 Å². The van der Waals surface area contributed by atoms with Gasteiger partial charge >= 0.3 is 0 Å². The maximum Gasteiger partial charge on any atom is 0.273 e. The molecule has 0 saturated carbocycles. The van der Waals surface area contributed by atoms with Gasteiger partial charge in [0.25, 0.3) is 5.91 Å². The van der Waals surface area contributed by atoms with E-state index in [1.807, 2.05) is 19.0 Å². The average molecular weight is 182 g/mol. The van der Waals surface area contributed by atoms with Gasteiger partial charge in [-0.25, -0.2) is 5.41 Å². The molecule has 13 heavy (non-hydrogen) atoms. The molecule has 1 aliphatic heterocycles. The third kappa shape index (κ3) is 2.21. The summed E-state index contributed by atoms with van der Waals surface area (Å²) in [5.74, 6) is -0.300. The molecule has 0 aromatic heterocycles. The first-order valence-corrected chi connectivity index (χ1v) is 4.23. The van der Waals surface area contributed by atoms with Crippen molar-refractivity contribution in [3.8, 4) is 0 Å². The average Bonchev–Trinajstić information content (AvgIpc) is 2.52. The number of carbonyl (C=O) groups is 1. The van der Waals surface area contributed by atoms with Crippen LogP contribution in [-0.2, 0) is 4.79 Å². The van der Waals surface area contributed by atoms with Crippen molar-refractivity contribution in [2.45, 2.75) is 18.5 Å². The fourth-order valence-electron chi connectivity index (χ4n) is 1.62. The Balaban J connectivity index is 2.68. The van der Waals surface area contributed by atoms with Crippen LogP contribution in [-0.4, -0.2) is 49.5 Å². The maximum absolute atomic E-state index is 11.3. The van der Waals surface area contributed by atoms with Crippen molar-refractivity contribution in [3.63, 3.8) is 0 Å². The van der Waals surface area contributed by atoms with E-state index in [-0.39, 0.29) is 18.0 Å². The van der Waals surface area contributed by atoms with Crippen LogP contribution in [0.3, 0.4) is 0 Å². The van der Waals surface area contributed by atoms with Crippen molar-refractivity contribution in [2.75, 3.05) is 20.6 Å². The largest absolute Gasteiger partial charge is 0.304 e. The maximum atomic E-state index is 11.3. The zero-order chi connectivity index (χ0) is 9.84. The second-order valence-corrected chi connectivity index (χ2v) is 3.31. The summed E-state index contributed by atoms with van der Waals surface area (Å²) in [5.41, 5.74) is 0. The van der Waals surface area contributed by atoms with E-state index in [0.29, 0.717) is 0 Å². The van der Waals surface area contributed by atoms with Crippen LogP contribution in [0.5, 0.6) is 0 Å². The summed E-state index contributed by atoms with van der Waals surface area (Å²) in [4.78, 5) is 16.7. The van der Waals surface area contributed by atoms with Gasteiger partial charge in [0.1, 0.15) is 6.04 Å². The molecule has 5 heteroatoms. The number of nitrogens with one attached hydrogen (secondary N) is 2. The van der Waals surface area contributed by atoms with Gasteiger partial charge in [0, 0.05) is 6.04 Å². The molecule has 0 radical (unpaired) electrons. The quantitative estimate of drug-likeness (QED) is 0.569. The van der Waals surface area contributed by atoms with E-state index in [1.54, 1.807) is 6.01 Å². The second-order valence-electron chi connectivity index (χ2n) is 3.31. The van der Waals surface area contributed by atoms with Crippen LogP contribution in [0.4, 0.5) is 0 Å². The minimum atomic E-state index is -0.300. The first-order valence-electron chi connectivity index (χ1n) is 4.23. The van der Waals surface area contributed by atoms with Crippen LogP contribution in [0.25, 0.3) is 0 Å². The minimum Gasteiger partial charge on any atom is -0.304 e. The lowest BCUT2D eigenvalue weighted by atomic mass is 10.1. The monoisotopic (exact) mass is 182 g/mol. The molecular weight excluding hydrogens is 168 g/mol. The van der Waals surface area contributed by atoms with Gasteiger partial charge in [0.15, 0.2) is 0 Å². The van der Waals surface area contributed by atoms with Gasteiger partial charge in [-0.3, -0.25) is 4.79 Å². The summed E-state index contributed by atoms with van der Waals surface area (Å²) >= 11 is 0. The first kappa shape index (κ1) is 10.1. The molecule has 72 valence electrons. The molecule has 0 aromatic carbocycles. The fraction of sp³-hybridized carbons (Fsp3) is 0.750. The molecular formula is C8H14N4O. The molecule has 0 aromatic rings. The molecule has 2 unspecified atom stereocenters. The second kappa shape index (κ2) is 4.28. The van der Waals surface area contributed by atoms with Gasteiger partial charge in [0.05, 0.1) is 6.01 Å². The van der Waals surface area contributed by atoms with E-state index in [9.17, 15) is 4.79 Å². The molecule has 1 amide bonds. The number of carbonyl (C=O) groups excluding carboxylic acids is 1. The topological polar surface area (TPSA) is 68.6 Å². The summed E-state index contributed by atoms with van der Waals surface area (Å²) in [6.45, 7) is 0.826. The third-order valence-electron chi connectivity index (χ3n) is 2.28. The Hall–Kier alpha value is -1.03. The highest BCUT2D eigenvalue weighted by molar-refractivity contribution is 5.87. The third-order valence-corrected chi connectivity index (χ3v) is 2.28. The number of hydrogen-bond acceptors (Lipinski definition) is 4. The highest BCUT2D eigenvalue weighted by atomic mass is 16.1. The molecule has 2 atom stereocenters. The lowest BCUT2D eigenvalue weighted by Crippen LogP contribution is -2.44. The molecule has 1 fully saturated rings. The molecule has 1 rings (SSSR count). The summed E-state index contributed by atoms with van der Waals surface area (Å²) in [6.07, 6.45) is 0.941. The molecule has 0 bridgehead atoms. The Morgan fingerprint density at radius 2 is 2.38 bits per heavy atom. The standard InChI is InChI=1S/C8H14N4O/c1-12(2)6-3-4-10-7(6)8(13)11-5-9/h6-7,9-10H,3-4H2,1-2H3. The molecule has 1 aliphatic rings. The molecule has 0 aliphatic carbocycles. The van der Waals surface area contributed by atoms with Crippen LogP contribution in [0, 0.1) is 5.41 Å². The Labute approximate surface area is 77.3 Å². The summed E-state index contributed by atoms with van der Waals surface area (Å²) in [7, 11) is 3.87. The number of nitrogens with zero attached hydrogens (tertiary/aromatic N) is 2. The van der Waals surface area contributed by atoms with E-state index in [2.05, 4.69) is 10.3 Å². The van der Waals surface area contributed by atoms with Gasteiger partial charge in [-0.1, -0.05) is 0 Å². The highest BCUT2D eigenvalue weighted by Crippen LogP contribution is 2.12. The summed E-state index contributed by atoms with van der Waals surface area (Å²) in [5, 5.41) is 9.66. The summed E-state index contributed by atoms with van der Waals surface area (Å²) in [6, 6.07) is 1.69. The number of aliphatic imine (C=N–C) groups is 1. The van der Waals surface area contributed by atoms with Gasteiger partial charge in [-0.15, -0.1) is 4.99 Å². The number of amides is 1. The van der Waals surface area contributed by atoms with Crippen LogP contribution < -0.4 is 5.32 Å². The van der Waals surface area contributed by atoms with Crippen molar-refractivity contribution >= 4 is 11.9 Å². The predicted molar refractivity (Wildman–Crippen MR) is 49.0 cm³/mol. The van der Waals surface area contributed by atoms with E-state index >= 15 is 0 Å². The van der Waals surface area contributed by atoms with Crippen molar-refractivity contribution in [3.05, 3.63) is 0 Å². The molecule has 1 heterocycles. The SMILES string of the molecule is CN(C)C1CCNC1C(=O)N=C=N. The molecule has 1 saturated heterocycles. The van der Waals surface area contributed by atoms with Crippen molar-refractivity contribution in [1.29, 1.82) is 5.41 Å².